The Morgan fingerprint density at radius 3 is 2.36 bits per heavy atom. The second kappa shape index (κ2) is 5.69. The fraction of sp³-hybridized carbons (Fsp3) is 0. The van der Waals surface area contributed by atoms with Gasteiger partial charge in [-0.15, -0.1) is 0 Å². The first-order valence-electron chi connectivity index (χ1n) is 6.64. The highest BCUT2D eigenvalue weighted by atomic mass is 32.3. The van der Waals surface area contributed by atoms with E-state index in [1.165, 1.54) is 6.07 Å². The minimum atomic E-state index is -4.87. The summed E-state index contributed by atoms with van der Waals surface area (Å²) in [6, 6.07) is 6.53. The van der Waals surface area contributed by atoms with Crippen molar-refractivity contribution in [1.82, 2.24) is 0 Å². The molecule has 0 bridgehead atoms. The molecule has 0 aliphatic heterocycles. The molecule has 0 saturated heterocycles. The van der Waals surface area contributed by atoms with Crippen LogP contribution >= 0.6 is 0 Å². The maximum absolute atomic E-state index is 12.2. The van der Waals surface area contributed by atoms with Crippen LogP contribution in [0.25, 0.3) is 22.3 Å². The summed E-state index contributed by atoms with van der Waals surface area (Å²) in [5.41, 5.74) is -0.581. The molecule has 0 aliphatic carbocycles. The van der Waals surface area contributed by atoms with Gasteiger partial charge in [0.2, 0.25) is 0 Å². The Morgan fingerprint density at radius 1 is 0.960 bits per heavy atom. The molecule has 1 aromatic heterocycles. The minimum Gasteiger partial charge on any atom is -0.508 e. The smallest absolute Gasteiger partial charge is 0.446 e. The van der Waals surface area contributed by atoms with E-state index in [1.807, 2.05) is 0 Å². The van der Waals surface area contributed by atoms with Gasteiger partial charge < -0.3 is 23.9 Å². The summed E-state index contributed by atoms with van der Waals surface area (Å²) < 4.78 is 40.0. The fourth-order valence-electron chi connectivity index (χ4n) is 2.24. The lowest BCUT2D eigenvalue weighted by molar-refractivity contribution is 0.371. The summed E-state index contributed by atoms with van der Waals surface area (Å²) >= 11 is 0. The largest absolute Gasteiger partial charge is 0.508 e. The SMILES string of the molecule is O=c1cc(-c2ccc(O)c(OS(=O)(=O)O)c2)oc2cc(O)cc(O)c12. The van der Waals surface area contributed by atoms with Crippen LogP contribution in [0.15, 0.2) is 45.6 Å². The number of phenols is 3. The molecule has 0 fully saturated rings. The molecule has 0 atom stereocenters. The number of benzene rings is 2. The monoisotopic (exact) mass is 366 g/mol. The van der Waals surface area contributed by atoms with Crippen molar-refractivity contribution >= 4 is 21.4 Å². The van der Waals surface area contributed by atoms with Crippen LogP contribution in [0.1, 0.15) is 0 Å². The van der Waals surface area contributed by atoms with Crippen LogP contribution in [0.5, 0.6) is 23.0 Å². The van der Waals surface area contributed by atoms with Crippen LogP contribution in [0.2, 0.25) is 0 Å². The van der Waals surface area contributed by atoms with Gasteiger partial charge in [-0.3, -0.25) is 9.35 Å². The van der Waals surface area contributed by atoms with Crippen molar-refractivity contribution in [3.05, 3.63) is 46.6 Å². The average Bonchev–Trinajstić information content (AvgIpc) is 2.46. The van der Waals surface area contributed by atoms with Crippen LogP contribution in [0.3, 0.4) is 0 Å². The number of hydrogen-bond acceptors (Lipinski definition) is 8. The summed E-state index contributed by atoms with van der Waals surface area (Å²) in [6.07, 6.45) is 0. The van der Waals surface area contributed by atoms with Gasteiger partial charge in [0.1, 0.15) is 28.2 Å². The van der Waals surface area contributed by atoms with Gasteiger partial charge in [0, 0.05) is 23.8 Å². The molecule has 9 nitrogen and oxygen atoms in total. The van der Waals surface area contributed by atoms with Crippen LogP contribution < -0.4 is 9.61 Å². The Morgan fingerprint density at radius 2 is 1.68 bits per heavy atom. The number of aromatic hydroxyl groups is 3. The molecule has 10 heteroatoms. The maximum Gasteiger partial charge on any atom is 0.446 e. The molecule has 0 unspecified atom stereocenters. The molecule has 0 aliphatic rings. The molecule has 4 N–H and O–H groups in total. The van der Waals surface area contributed by atoms with Crippen molar-refractivity contribution < 1.29 is 36.9 Å². The Balaban J connectivity index is 2.20. The quantitative estimate of drug-likeness (QED) is 0.507. The first kappa shape index (κ1) is 16.6. The molecule has 0 saturated carbocycles. The van der Waals surface area contributed by atoms with E-state index >= 15 is 0 Å². The average molecular weight is 366 g/mol. The van der Waals surface area contributed by atoms with Crippen LogP contribution in [0.4, 0.5) is 0 Å². The van der Waals surface area contributed by atoms with E-state index in [0.29, 0.717) is 0 Å². The maximum atomic E-state index is 12.2. The zero-order chi connectivity index (χ0) is 18.4. The van der Waals surface area contributed by atoms with Crippen LogP contribution in [0, 0.1) is 0 Å². The fourth-order valence-corrected chi connectivity index (χ4v) is 2.60. The zero-order valence-electron chi connectivity index (χ0n) is 12.2. The van der Waals surface area contributed by atoms with Gasteiger partial charge in [0.05, 0.1) is 0 Å². The number of phenolic OH excluding ortho intramolecular Hbond substituents is 3. The van der Waals surface area contributed by atoms with Crippen LogP contribution in [-0.4, -0.2) is 28.3 Å². The van der Waals surface area contributed by atoms with E-state index in [-0.39, 0.29) is 28.0 Å². The minimum absolute atomic E-state index is 0.0531. The van der Waals surface area contributed by atoms with Crippen LogP contribution in [-0.2, 0) is 10.4 Å². The van der Waals surface area contributed by atoms with Gasteiger partial charge >= 0.3 is 10.4 Å². The van der Waals surface area contributed by atoms with Crippen molar-refractivity contribution in [2.45, 2.75) is 0 Å². The molecule has 0 radical (unpaired) electrons. The predicted molar refractivity (Wildman–Crippen MR) is 85.1 cm³/mol. The normalized spacial score (nSPS) is 11.6. The Bertz CT molecular complexity index is 1150. The van der Waals surface area contributed by atoms with E-state index in [1.54, 1.807) is 0 Å². The second-order valence-electron chi connectivity index (χ2n) is 5.01. The summed E-state index contributed by atoms with van der Waals surface area (Å²) in [6.45, 7) is 0. The summed E-state index contributed by atoms with van der Waals surface area (Å²) in [5, 5.41) is 28.7. The summed E-state index contributed by atoms with van der Waals surface area (Å²) in [7, 11) is -4.87. The molecular weight excluding hydrogens is 356 g/mol. The molecule has 3 rings (SSSR count). The number of rotatable bonds is 3. The van der Waals surface area contributed by atoms with Gasteiger partial charge in [-0.1, -0.05) is 0 Å². The highest BCUT2D eigenvalue weighted by Gasteiger charge is 2.16. The lowest BCUT2D eigenvalue weighted by Gasteiger charge is -2.08. The first-order chi connectivity index (χ1) is 11.6. The topological polar surface area (TPSA) is 154 Å². The Hall–Kier alpha value is -3.24. The van der Waals surface area contributed by atoms with E-state index in [4.69, 9.17) is 8.97 Å². The van der Waals surface area contributed by atoms with Crippen molar-refractivity contribution in [2.24, 2.45) is 0 Å². The van der Waals surface area contributed by atoms with Crippen molar-refractivity contribution in [3.63, 3.8) is 0 Å². The second-order valence-corrected chi connectivity index (χ2v) is 6.03. The molecule has 0 spiro atoms. The van der Waals surface area contributed by atoms with Gasteiger partial charge in [-0.2, -0.15) is 8.42 Å². The van der Waals surface area contributed by atoms with E-state index in [0.717, 1.165) is 30.3 Å². The van der Waals surface area contributed by atoms with Crippen molar-refractivity contribution in [2.75, 3.05) is 0 Å². The van der Waals surface area contributed by atoms with E-state index in [2.05, 4.69) is 4.18 Å². The number of hydrogen-bond donors (Lipinski definition) is 4. The van der Waals surface area contributed by atoms with Crippen molar-refractivity contribution in [3.8, 4) is 34.3 Å². The highest BCUT2D eigenvalue weighted by molar-refractivity contribution is 7.81. The lowest BCUT2D eigenvalue weighted by atomic mass is 10.1. The standard InChI is InChI=1S/C15H10O9S/c16-8-4-10(18)15-11(19)6-12(23-14(15)5-8)7-1-2-9(17)13(3-7)24-25(20,21)22/h1-6,16-18H,(H,20,21,22). The molecule has 1 heterocycles. The molecule has 25 heavy (non-hydrogen) atoms. The predicted octanol–water partition coefficient (Wildman–Crippen LogP) is 1.76. The highest BCUT2D eigenvalue weighted by Crippen LogP contribution is 2.34. The molecule has 3 aromatic rings. The number of fused-ring (bicyclic) bond motifs is 1. The van der Waals surface area contributed by atoms with Gasteiger partial charge in [0.25, 0.3) is 0 Å². The Kier molecular flexibility index (Phi) is 3.78. The molecule has 130 valence electrons. The molecule has 2 aromatic carbocycles. The zero-order valence-corrected chi connectivity index (χ0v) is 13.0. The van der Waals surface area contributed by atoms with E-state index in [9.17, 15) is 28.5 Å². The van der Waals surface area contributed by atoms with Gasteiger partial charge in [-0.05, 0) is 18.2 Å². The third kappa shape index (κ3) is 3.34. The third-order valence-electron chi connectivity index (χ3n) is 3.23. The summed E-state index contributed by atoms with van der Waals surface area (Å²) in [4.78, 5) is 12.2. The third-order valence-corrected chi connectivity index (χ3v) is 3.62. The van der Waals surface area contributed by atoms with Gasteiger partial charge in [0.15, 0.2) is 16.9 Å². The first-order valence-corrected chi connectivity index (χ1v) is 8.01. The van der Waals surface area contributed by atoms with Gasteiger partial charge in [-0.25, -0.2) is 0 Å². The molecular formula is C15H10O9S. The lowest BCUT2D eigenvalue weighted by Crippen LogP contribution is -2.07. The summed E-state index contributed by atoms with van der Waals surface area (Å²) in [5.74, 6) is -1.99. The van der Waals surface area contributed by atoms with E-state index < -0.39 is 33.1 Å². The van der Waals surface area contributed by atoms with Crippen molar-refractivity contribution in [1.29, 1.82) is 0 Å². The molecule has 0 amide bonds. The Labute approximate surface area is 139 Å².